The summed E-state index contributed by atoms with van der Waals surface area (Å²) in [6, 6.07) is 6.90. The molecule has 4 rings (SSSR count). The Morgan fingerprint density at radius 1 is 0.935 bits per heavy atom. The molecular weight excluding hydrogens is 435 g/mol. The van der Waals surface area contributed by atoms with Gasteiger partial charge in [0.15, 0.2) is 6.04 Å². The maximum atomic E-state index is 14.1. The van der Waals surface area contributed by atoms with Crippen molar-refractivity contribution in [2.24, 2.45) is 0 Å². The van der Waals surface area contributed by atoms with Gasteiger partial charge in [0, 0.05) is 6.07 Å². The van der Waals surface area contributed by atoms with E-state index in [1.165, 1.54) is 18.2 Å². The van der Waals surface area contributed by atoms with E-state index >= 15 is 0 Å². The van der Waals surface area contributed by atoms with Gasteiger partial charge in [0.05, 0.1) is 38.3 Å². The minimum absolute atomic E-state index is 0.0366. The number of hydrogen-bond acceptors (Lipinski definition) is 4. The van der Waals surface area contributed by atoms with E-state index in [0.717, 1.165) is 27.4 Å². The molecule has 0 saturated carbocycles. The summed E-state index contributed by atoms with van der Waals surface area (Å²) in [5.74, 6) is -3.90. The number of piperazine rings is 1. The smallest absolute Gasteiger partial charge is 0.292 e. The number of hydrogen-bond donors (Lipinski definition) is 1. The molecule has 2 aliphatic rings. The molecular formula is C20H19F3N3O4S+. The van der Waals surface area contributed by atoms with E-state index in [9.17, 15) is 31.2 Å². The topological polar surface area (TPSA) is 79.2 Å². The third-order valence-electron chi connectivity index (χ3n) is 5.61. The standard InChI is InChI=1S/C20H18F3N3O4S/c21-13-5-6-16(15(23)11-13)26-19(27)12-17(20(26)28)24-7-9-25(10-8-24)31(29,30)18-4-2-1-3-14(18)22/h1-6,11,17H,7-10,12H2/p+1/t17-/m1/s1. The number of imide groups is 1. The number of nitrogens with one attached hydrogen (secondary N) is 1. The van der Waals surface area contributed by atoms with Crippen LogP contribution >= 0.6 is 0 Å². The van der Waals surface area contributed by atoms with Crippen LogP contribution in [0.15, 0.2) is 47.4 Å². The highest BCUT2D eigenvalue weighted by Gasteiger charge is 2.48. The second-order valence-electron chi connectivity index (χ2n) is 7.41. The van der Waals surface area contributed by atoms with Crippen molar-refractivity contribution in [2.45, 2.75) is 17.4 Å². The van der Waals surface area contributed by atoms with Gasteiger partial charge in [-0.05, 0) is 24.3 Å². The first-order chi connectivity index (χ1) is 14.7. The summed E-state index contributed by atoms with van der Waals surface area (Å²) in [5.41, 5.74) is -0.306. The van der Waals surface area contributed by atoms with Gasteiger partial charge in [-0.25, -0.2) is 26.5 Å². The van der Waals surface area contributed by atoms with Crippen molar-refractivity contribution in [3.8, 4) is 0 Å². The van der Waals surface area contributed by atoms with Crippen molar-refractivity contribution < 1.29 is 36.1 Å². The van der Waals surface area contributed by atoms with Crippen molar-refractivity contribution in [2.75, 3.05) is 31.1 Å². The van der Waals surface area contributed by atoms with Crippen LogP contribution in [-0.4, -0.2) is 56.8 Å². The summed E-state index contributed by atoms with van der Waals surface area (Å²) in [7, 11) is -4.03. The Morgan fingerprint density at radius 3 is 2.26 bits per heavy atom. The molecule has 0 aliphatic carbocycles. The molecule has 2 fully saturated rings. The van der Waals surface area contributed by atoms with E-state index in [4.69, 9.17) is 0 Å². The van der Waals surface area contributed by atoms with Gasteiger partial charge < -0.3 is 4.90 Å². The van der Waals surface area contributed by atoms with Gasteiger partial charge >= 0.3 is 0 Å². The van der Waals surface area contributed by atoms with Crippen molar-refractivity contribution in [3.63, 3.8) is 0 Å². The molecule has 2 amide bonds. The number of carbonyl (C=O) groups excluding carboxylic acids is 2. The third-order valence-corrected chi connectivity index (χ3v) is 7.54. The second kappa shape index (κ2) is 8.06. The highest BCUT2D eigenvalue weighted by Crippen LogP contribution is 2.26. The summed E-state index contributed by atoms with van der Waals surface area (Å²) < 4.78 is 67.8. The first kappa shape index (κ1) is 21.5. The number of sulfonamides is 1. The molecule has 31 heavy (non-hydrogen) atoms. The predicted octanol–water partition coefficient (Wildman–Crippen LogP) is 0.325. The van der Waals surface area contributed by atoms with Gasteiger partial charge in [-0.15, -0.1) is 0 Å². The molecule has 2 saturated heterocycles. The Labute approximate surface area is 176 Å². The minimum Gasteiger partial charge on any atom is -0.322 e. The number of carbonyl (C=O) groups is 2. The van der Waals surface area contributed by atoms with Gasteiger partial charge in [-0.1, -0.05) is 12.1 Å². The molecule has 2 aromatic carbocycles. The average molecular weight is 454 g/mol. The maximum absolute atomic E-state index is 14.1. The van der Waals surface area contributed by atoms with Crippen LogP contribution in [0, 0.1) is 17.5 Å². The second-order valence-corrected chi connectivity index (χ2v) is 9.32. The molecule has 0 spiro atoms. The lowest BCUT2D eigenvalue weighted by atomic mass is 10.2. The summed E-state index contributed by atoms with van der Waals surface area (Å²) in [6.45, 7) is 0.512. The number of anilines is 1. The van der Waals surface area contributed by atoms with Gasteiger partial charge in [-0.3, -0.25) is 9.59 Å². The Bertz CT molecular complexity index is 1150. The van der Waals surface area contributed by atoms with Crippen LogP contribution in [0.4, 0.5) is 18.9 Å². The lowest BCUT2D eigenvalue weighted by molar-refractivity contribution is -0.918. The van der Waals surface area contributed by atoms with Crippen LogP contribution in [0.2, 0.25) is 0 Å². The minimum atomic E-state index is -4.03. The SMILES string of the molecule is O=C1C[C@@H]([NH+]2CCN(S(=O)(=O)c3ccccc3F)CC2)C(=O)N1c1ccc(F)cc1F. The molecule has 0 bridgehead atoms. The Kier molecular flexibility index (Phi) is 5.58. The van der Waals surface area contributed by atoms with Gasteiger partial charge in [0.2, 0.25) is 15.9 Å². The summed E-state index contributed by atoms with van der Waals surface area (Å²) >= 11 is 0. The molecule has 11 heteroatoms. The van der Waals surface area contributed by atoms with Crippen LogP contribution in [0.1, 0.15) is 6.42 Å². The van der Waals surface area contributed by atoms with Crippen LogP contribution in [-0.2, 0) is 19.6 Å². The van der Waals surface area contributed by atoms with Crippen molar-refractivity contribution in [3.05, 3.63) is 59.9 Å². The zero-order valence-electron chi connectivity index (χ0n) is 16.2. The number of halogens is 3. The van der Waals surface area contributed by atoms with Crippen LogP contribution < -0.4 is 9.80 Å². The Morgan fingerprint density at radius 2 is 1.61 bits per heavy atom. The van der Waals surface area contributed by atoms with E-state index < -0.39 is 50.2 Å². The van der Waals surface area contributed by atoms with E-state index in [0.29, 0.717) is 11.0 Å². The molecule has 0 unspecified atom stereocenters. The van der Waals surface area contributed by atoms with E-state index in [1.807, 2.05) is 0 Å². The molecule has 2 aromatic rings. The third kappa shape index (κ3) is 3.84. The van der Waals surface area contributed by atoms with Crippen LogP contribution in [0.25, 0.3) is 0 Å². The highest BCUT2D eigenvalue weighted by molar-refractivity contribution is 7.89. The summed E-state index contributed by atoms with van der Waals surface area (Å²) in [6.07, 6.45) is -0.162. The normalized spacial score (nSPS) is 21.1. The quantitative estimate of drug-likeness (QED) is 0.676. The molecule has 0 aromatic heterocycles. The molecule has 164 valence electrons. The zero-order valence-corrected chi connectivity index (χ0v) is 17.0. The Balaban J connectivity index is 1.48. The summed E-state index contributed by atoms with van der Waals surface area (Å²) in [4.78, 5) is 26.2. The average Bonchev–Trinajstić information content (AvgIpc) is 3.02. The first-order valence-electron chi connectivity index (χ1n) is 9.61. The number of quaternary nitrogens is 1. The van der Waals surface area contributed by atoms with E-state index in [-0.39, 0.29) is 38.3 Å². The fraction of sp³-hybridized carbons (Fsp3) is 0.300. The van der Waals surface area contributed by atoms with Crippen LogP contribution in [0.5, 0.6) is 0 Å². The van der Waals surface area contributed by atoms with Crippen molar-refractivity contribution in [1.29, 1.82) is 0 Å². The fourth-order valence-corrected chi connectivity index (χ4v) is 5.53. The molecule has 2 aliphatic heterocycles. The molecule has 1 atom stereocenters. The lowest BCUT2D eigenvalue weighted by Gasteiger charge is -2.33. The number of amides is 2. The number of nitrogens with zero attached hydrogens (tertiary/aromatic N) is 2. The monoisotopic (exact) mass is 454 g/mol. The van der Waals surface area contributed by atoms with Crippen molar-refractivity contribution in [1.82, 2.24) is 4.31 Å². The number of benzene rings is 2. The largest absolute Gasteiger partial charge is 0.322 e. The first-order valence-corrected chi connectivity index (χ1v) is 11.1. The van der Waals surface area contributed by atoms with Gasteiger partial charge in [-0.2, -0.15) is 4.31 Å². The predicted molar refractivity (Wildman–Crippen MR) is 103 cm³/mol. The summed E-state index contributed by atoms with van der Waals surface area (Å²) in [5, 5.41) is 0. The zero-order chi connectivity index (χ0) is 22.3. The van der Waals surface area contributed by atoms with E-state index in [2.05, 4.69) is 0 Å². The fourth-order valence-electron chi connectivity index (χ4n) is 4.02. The van der Waals surface area contributed by atoms with Gasteiger partial charge in [0.25, 0.3) is 5.91 Å². The van der Waals surface area contributed by atoms with Crippen molar-refractivity contribution >= 4 is 27.5 Å². The van der Waals surface area contributed by atoms with E-state index in [1.54, 1.807) is 0 Å². The number of rotatable bonds is 4. The molecule has 1 N–H and O–H groups in total. The molecule has 0 radical (unpaired) electrons. The van der Waals surface area contributed by atoms with Gasteiger partial charge in [0.1, 0.15) is 22.3 Å². The highest BCUT2D eigenvalue weighted by atomic mass is 32.2. The maximum Gasteiger partial charge on any atom is 0.292 e. The Hall–Kier alpha value is -2.76. The molecule has 2 heterocycles. The van der Waals surface area contributed by atoms with Crippen LogP contribution in [0.3, 0.4) is 0 Å². The lowest BCUT2D eigenvalue weighted by Crippen LogP contribution is -3.19. The molecule has 7 nitrogen and oxygen atoms in total.